The topological polar surface area (TPSA) is 45.7 Å². The fourth-order valence-corrected chi connectivity index (χ4v) is 5.41. The predicted molar refractivity (Wildman–Crippen MR) is 150 cm³/mol. The quantitative estimate of drug-likeness (QED) is 0.276. The summed E-state index contributed by atoms with van der Waals surface area (Å²) in [6.45, 7) is 1.89. The molecule has 1 aliphatic heterocycles. The van der Waals surface area contributed by atoms with E-state index in [4.69, 9.17) is 4.74 Å². The Balaban J connectivity index is 1.53. The van der Waals surface area contributed by atoms with Crippen molar-refractivity contribution >= 4 is 5.91 Å². The first-order valence-electron chi connectivity index (χ1n) is 13.5. The molecule has 0 saturated carbocycles. The van der Waals surface area contributed by atoms with Gasteiger partial charge < -0.3 is 9.64 Å². The minimum Gasteiger partial charge on any atom is -0.497 e. The second-order valence-electron chi connectivity index (χ2n) is 10.1. The molecule has 0 unspecified atom stereocenters. The maximum atomic E-state index is 14.7. The van der Waals surface area contributed by atoms with Gasteiger partial charge in [-0.05, 0) is 84.5 Å². The number of ether oxygens (including phenoxy) is 1. The van der Waals surface area contributed by atoms with E-state index in [2.05, 4.69) is 34.1 Å². The van der Waals surface area contributed by atoms with Gasteiger partial charge in [0.2, 0.25) is 5.91 Å². The summed E-state index contributed by atoms with van der Waals surface area (Å²) in [7, 11) is 1.65. The number of methoxy groups -OCH3 is 1. The van der Waals surface area contributed by atoms with Gasteiger partial charge in [0, 0.05) is 25.5 Å². The fourth-order valence-electron chi connectivity index (χ4n) is 5.41. The summed E-state index contributed by atoms with van der Waals surface area (Å²) in [5.74, 6) is 0.583. The molecule has 5 rings (SSSR count). The third-order valence-electron chi connectivity index (χ3n) is 7.48. The number of benzene rings is 3. The van der Waals surface area contributed by atoms with E-state index >= 15 is 0 Å². The number of halogens is 1. The van der Waals surface area contributed by atoms with Gasteiger partial charge in [-0.1, -0.05) is 54.6 Å². The molecular weight excluding hydrogens is 489 g/mol. The summed E-state index contributed by atoms with van der Waals surface area (Å²) in [4.78, 5) is 23.1. The second-order valence-corrected chi connectivity index (χ2v) is 10.1. The van der Waals surface area contributed by atoms with Crippen LogP contribution in [0, 0.1) is 5.82 Å². The molecule has 1 aliphatic rings. The summed E-state index contributed by atoms with van der Waals surface area (Å²) in [5, 5.41) is 0. The van der Waals surface area contributed by atoms with Gasteiger partial charge >= 0.3 is 0 Å². The zero-order valence-electron chi connectivity index (χ0n) is 22.2. The van der Waals surface area contributed by atoms with Crippen molar-refractivity contribution in [2.75, 3.05) is 13.7 Å². The van der Waals surface area contributed by atoms with E-state index in [1.54, 1.807) is 31.6 Å². The molecule has 1 saturated heterocycles. The lowest BCUT2D eigenvalue weighted by Crippen LogP contribution is -2.52. The zero-order chi connectivity index (χ0) is 27.0. The van der Waals surface area contributed by atoms with E-state index in [1.807, 2.05) is 47.4 Å². The summed E-state index contributed by atoms with van der Waals surface area (Å²) >= 11 is 0. The summed E-state index contributed by atoms with van der Waals surface area (Å²) < 4.78 is 19.1. The van der Waals surface area contributed by atoms with Gasteiger partial charge in [-0.3, -0.25) is 14.7 Å². The molecule has 0 spiro atoms. The van der Waals surface area contributed by atoms with Crippen LogP contribution in [0.5, 0.6) is 5.75 Å². The van der Waals surface area contributed by atoms with Gasteiger partial charge in [0.25, 0.3) is 0 Å². The number of aromatic nitrogens is 1. The van der Waals surface area contributed by atoms with Crippen LogP contribution >= 0.6 is 0 Å². The highest BCUT2D eigenvalue weighted by Gasteiger charge is 2.36. The first-order chi connectivity index (χ1) is 19.1. The number of hydrogen-bond donors (Lipinski definition) is 0. The zero-order valence-corrected chi connectivity index (χ0v) is 22.2. The Morgan fingerprint density at radius 1 is 0.846 bits per heavy atom. The maximum absolute atomic E-state index is 14.7. The van der Waals surface area contributed by atoms with Crippen molar-refractivity contribution in [3.8, 4) is 5.75 Å². The average Bonchev–Trinajstić information content (AvgIpc) is 2.98. The van der Waals surface area contributed by atoms with Gasteiger partial charge in [-0.2, -0.15) is 0 Å². The van der Waals surface area contributed by atoms with E-state index in [1.165, 1.54) is 12.1 Å². The van der Waals surface area contributed by atoms with Crippen molar-refractivity contribution in [1.29, 1.82) is 0 Å². The smallest absolute Gasteiger partial charge is 0.241 e. The first-order valence-corrected chi connectivity index (χ1v) is 13.5. The molecule has 5 nitrogen and oxygen atoms in total. The van der Waals surface area contributed by atoms with Crippen molar-refractivity contribution in [3.63, 3.8) is 0 Å². The Hall–Kier alpha value is -4.03. The van der Waals surface area contributed by atoms with Crippen LogP contribution in [0.4, 0.5) is 4.39 Å². The Morgan fingerprint density at radius 3 is 2.23 bits per heavy atom. The Morgan fingerprint density at radius 2 is 1.54 bits per heavy atom. The number of carbonyl (C=O) groups excluding carboxylic acids is 1. The standard InChI is InChI=1S/C33H34FN3O2/c1-39-30-15-11-28(12-16-30)31-8-5-21-36(23-27-17-19-35-20-18-27)32(22-25-6-3-2-4-7-25)33(38)37(31)24-26-9-13-29(34)14-10-26/h2-4,6-7,9-20,31-32H,5,8,21-24H2,1H3/t31-,32-/m1/s1. The van der Waals surface area contributed by atoms with Crippen molar-refractivity contribution in [1.82, 2.24) is 14.8 Å². The van der Waals surface area contributed by atoms with Crippen LogP contribution in [0.3, 0.4) is 0 Å². The summed E-state index contributed by atoms with van der Waals surface area (Å²) in [5.41, 5.74) is 4.24. The lowest BCUT2D eigenvalue weighted by Gasteiger charge is -2.41. The van der Waals surface area contributed by atoms with E-state index in [0.717, 1.165) is 47.4 Å². The molecule has 0 N–H and O–H groups in total. The maximum Gasteiger partial charge on any atom is 0.241 e. The largest absolute Gasteiger partial charge is 0.497 e. The number of carbonyl (C=O) groups is 1. The number of amides is 1. The molecule has 2 heterocycles. The molecule has 1 amide bonds. The van der Waals surface area contributed by atoms with E-state index in [-0.39, 0.29) is 23.8 Å². The minimum atomic E-state index is -0.345. The van der Waals surface area contributed by atoms with E-state index in [0.29, 0.717) is 19.5 Å². The van der Waals surface area contributed by atoms with Crippen LogP contribution in [-0.2, 0) is 24.3 Å². The van der Waals surface area contributed by atoms with Crippen LogP contribution in [0.2, 0.25) is 0 Å². The Bertz CT molecular complexity index is 1330. The van der Waals surface area contributed by atoms with Crippen LogP contribution in [0.25, 0.3) is 0 Å². The summed E-state index contributed by atoms with van der Waals surface area (Å²) in [6, 6.07) is 28.3. The number of rotatable bonds is 8. The molecule has 4 aromatic rings. The molecule has 200 valence electrons. The monoisotopic (exact) mass is 523 g/mol. The molecule has 3 aromatic carbocycles. The highest BCUT2D eigenvalue weighted by atomic mass is 19.1. The van der Waals surface area contributed by atoms with Gasteiger partial charge in [0.05, 0.1) is 19.2 Å². The second kappa shape index (κ2) is 12.7. The van der Waals surface area contributed by atoms with Gasteiger partial charge in [-0.15, -0.1) is 0 Å². The van der Waals surface area contributed by atoms with Gasteiger partial charge in [0.1, 0.15) is 11.6 Å². The summed E-state index contributed by atoms with van der Waals surface area (Å²) in [6.07, 6.45) is 5.96. The van der Waals surface area contributed by atoms with Crippen molar-refractivity contribution < 1.29 is 13.9 Å². The third-order valence-corrected chi connectivity index (χ3v) is 7.48. The lowest BCUT2D eigenvalue weighted by molar-refractivity contribution is -0.142. The molecule has 2 atom stereocenters. The van der Waals surface area contributed by atoms with E-state index < -0.39 is 0 Å². The highest BCUT2D eigenvalue weighted by molar-refractivity contribution is 5.83. The normalized spacial score (nSPS) is 18.4. The average molecular weight is 524 g/mol. The highest BCUT2D eigenvalue weighted by Crippen LogP contribution is 2.33. The predicted octanol–water partition coefficient (Wildman–Crippen LogP) is 6.21. The molecule has 1 fully saturated rings. The number of hydrogen-bond acceptors (Lipinski definition) is 4. The molecular formula is C33H34FN3O2. The van der Waals surface area contributed by atoms with Crippen molar-refractivity contribution in [2.24, 2.45) is 0 Å². The molecule has 39 heavy (non-hydrogen) atoms. The molecule has 0 radical (unpaired) electrons. The Labute approximate surface area is 229 Å². The third kappa shape index (κ3) is 6.70. The number of nitrogens with zero attached hydrogens (tertiary/aromatic N) is 3. The molecule has 0 bridgehead atoms. The lowest BCUT2D eigenvalue weighted by atomic mass is 9.93. The molecule has 6 heteroatoms. The number of pyridine rings is 1. The fraction of sp³-hybridized carbons (Fsp3) is 0.273. The van der Waals surface area contributed by atoms with Crippen molar-refractivity contribution in [2.45, 2.75) is 44.4 Å². The van der Waals surface area contributed by atoms with Crippen LogP contribution in [0.1, 0.15) is 41.1 Å². The van der Waals surface area contributed by atoms with Gasteiger partial charge in [-0.25, -0.2) is 4.39 Å². The van der Waals surface area contributed by atoms with Crippen LogP contribution in [-0.4, -0.2) is 40.4 Å². The molecule has 0 aliphatic carbocycles. The Kier molecular flexibility index (Phi) is 8.64. The van der Waals surface area contributed by atoms with Crippen LogP contribution in [0.15, 0.2) is 103 Å². The first kappa shape index (κ1) is 26.6. The van der Waals surface area contributed by atoms with E-state index in [9.17, 15) is 9.18 Å². The molecule has 1 aromatic heterocycles. The van der Waals surface area contributed by atoms with Crippen molar-refractivity contribution in [3.05, 3.63) is 131 Å². The van der Waals surface area contributed by atoms with Gasteiger partial charge in [0.15, 0.2) is 0 Å². The van der Waals surface area contributed by atoms with Crippen LogP contribution < -0.4 is 4.74 Å². The minimum absolute atomic E-state index is 0.0813. The SMILES string of the molecule is COc1ccc([C@H]2CCCN(Cc3ccncc3)[C@H](Cc3ccccc3)C(=O)N2Cc2ccc(F)cc2)cc1.